The zero-order chi connectivity index (χ0) is 21.1. The Morgan fingerprint density at radius 1 is 1.00 bits per heavy atom. The van der Waals surface area contributed by atoms with Crippen LogP contribution in [0, 0.1) is 6.92 Å². The van der Waals surface area contributed by atoms with Crippen LogP contribution in [-0.2, 0) is 16.1 Å². The van der Waals surface area contributed by atoms with E-state index in [4.69, 9.17) is 4.74 Å². The minimum atomic E-state index is -0.328. The van der Waals surface area contributed by atoms with Crippen LogP contribution in [0.2, 0.25) is 0 Å². The van der Waals surface area contributed by atoms with Gasteiger partial charge in [0.2, 0.25) is 0 Å². The first-order valence-corrected chi connectivity index (χ1v) is 10.6. The largest absolute Gasteiger partial charge is 0.494 e. The Balaban J connectivity index is 1.67. The summed E-state index contributed by atoms with van der Waals surface area (Å²) in [6, 6.07) is 19.0. The molecule has 0 saturated carbocycles. The molecule has 0 radical (unpaired) electrons. The smallest absolute Gasteiger partial charge is 0.278 e. The van der Waals surface area contributed by atoms with Crippen molar-refractivity contribution in [3.05, 3.63) is 87.7 Å². The van der Waals surface area contributed by atoms with Crippen LogP contribution in [0.1, 0.15) is 22.9 Å². The molecule has 5 nitrogen and oxygen atoms in total. The summed E-state index contributed by atoms with van der Waals surface area (Å²) in [6.07, 6.45) is 0. The van der Waals surface area contributed by atoms with E-state index in [0.717, 1.165) is 16.0 Å². The van der Waals surface area contributed by atoms with Gasteiger partial charge in [0.1, 0.15) is 11.4 Å². The fourth-order valence-electron chi connectivity index (χ4n) is 3.34. The predicted molar refractivity (Wildman–Crippen MR) is 119 cm³/mol. The molecule has 1 aliphatic heterocycles. The second-order valence-corrected chi connectivity index (χ2v) is 7.94. The highest BCUT2D eigenvalue weighted by molar-refractivity contribution is 7.11. The van der Waals surface area contributed by atoms with Crippen molar-refractivity contribution in [1.82, 2.24) is 4.90 Å². The maximum Gasteiger partial charge on any atom is 0.278 e. The molecule has 30 heavy (non-hydrogen) atoms. The summed E-state index contributed by atoms with van der Waals surface area (Å²) in [5.41, 5.74) is 3.44. The molecule has 3 aromatic rings. The zero-order valence-electron chi connectivity index (χ0n) is 16.8. The SMILES string of the molecule is CCOc1cccc(NC2=C(c3cccs3)C(=O)N(Cc3ccc(C)cc3)C2=O)c1. The lowest BCUT2D eigenvalue weighted by atomic mass is 10.1. The van der Waals surface area contributed by atoms with Gasteiger partial charge in [0.05, 0.1) is 18.7 Å². The summed E-state index contributed by atoms with van der Waals surface area (Å²) < 4.78 is 5.55. The zero-order valence-corrected chi connectivity index (χ0v) is 17.7. The number of carbonyl (C=O) groups is 2. The highest BCUT2D eigenvalue weighted by Crippen LogP contribution is 2.34. The topological polar surface area (TPSA) is 58.6 Å². The number of thiophene rings is 1. The number of anilines is 1. The average molecular weight is 419 g/mol. The molecular weight excluding hydrogens is 396 g/mol. The molecule has 2 heterocycles. The summed E-state index contributed by atoms with van der Waals surface area (Å²) in [5, 5.41) is 5.08. The van der Waals surface area contributed by atoms with Gasteiger partial charge in [0, 0.05) is 16.6 Å². The van der Waals surface area contributed by atoms with E-state index < -0.39 is 0 Å². The van der Waals surface area contributed by atoms with Crippen molar-refractivity contribution in [2.24, 2.45) is 0 Å². The molecule has 152 valence electrons. The van der Waals surface area contributed by atoms with E-state index in [9.17, 15) is 9.59 Å². The molecule has 0 aliphatic carbocycles. The number of nitrogens with zero attached hydrogens (tertiary/aromatic N) is 1. The third-order valence-electron chi connectivity index (χ3n) is 4.81. The molecule has 0 atom stereocenters. The molecule has 1 N–H and O–H groups in total. The van der Waals surface area contributed by atoms with Gasteiger partial charge >= 0.3 is 0 Å². The number of hydrogen-bond donors (Lipinski definition) is 1. The Hall–Kier alpha value is -3.38. The number of imide groups is 1. The van der Waals surface area contributed by atoms with Crippen molar-refractivity contribution in [3.63, 3.8) is 0 Å². The van der Waals surface area contributed by atoms with Crippen LogP contribution in [0.3, 0.4) is 0 Å². The Morgan fingerprint density at radius 2 is 1.80 bits per heavy atom. The second kappa shape index (κ2) is 8.55. The summed E-state index contributed by atoms with van der Waals surface area (Å²) in [4.78, 5) is 28.6. The number of rotatable bonds is 7. The molecule has 1 aromatic heterocycles. The first kappa shape index (κ1) is 19.9. The number of amides is 2. The van der Waals surface area contributed by atoms with Gasteiger partial charge in [0.15, 0.2) is 0 Å². The van der Waals surface area contributed by atoms with Crippen LogP contribution in [0.4, 0.5) is 5.69 Å². The number of carbonyl (C=O) groups excluding carboxylic acids is 2. The normalized spacial score (nSPS) is 13.9. The molecule has 0 spiro atoms. The first-order valence-electron chi connectivity index (χ1n) is 9.76. The van der Waals surface area contributed by atoms with Gasteiger partial charge in [-0.1, -0.05) is 42.0 Å². The maximum absolute atomic E-state index is 13.3. The first-order chi connectivity index (χ1) is 14.6. The van der Waals surface area contributed by atoms with Crippen molar-refractivity contribution >= 4 is 34.4 Å². The van der Waals surface area contributed by atoms with E-state index in [0.29, 0.717) is 29.3 Å². The van der Waals surface area contributed by atoms with Crippen molar-refractivity contribution < 1.29 is 14.3 Å². The Bertz CT molecular complexity index is 1100. The summed E-state index contributed by atoms with van der Waals surface area (Å²) in [7, 11) is 0. The minimum Gasteiger partial charge on any atom is -0.494 e. The van der Waals surface area contributed by atoms with E-state index in [1.807, 2.05) is 79.9 Å². The number of hydrogen-bond acceptors (Lipinski definition) is 5. The lowest BCUT2D eigenvalue weighted by Gasteiger charge is -2.15. The summed E-state index contributed by atoms with van der Waals surface area (Å²) in [6.45, 7) is 4.70. The summed E-state index contributed by atoms with van der Waals surface area (Å²) >= 11 is 1.44. The van der Waals surface area contributed by atoms with Crippen molar-refractivity contribution in [2.75, 3.05) is 11.9 Å². The number of nitrogens with one attached hydrogen (secondary N) is 1. The van der Waals surface area contributed by atoms with Gasteiger partial charge in [-0.05, 0) is 43.0 Å². The van der Waals surface area contributed by atoms with Gasteiger partial charge in [-0.2, -0.15) is 0 Å². The lowest BCUT2D eigenvalue weighted by Crippen LogP contribution is -2.31. The predicted octanol–water partition coefficient (Wildman–Crippen LogP) is 4.85. The molecule has 4 rings (SSSR count). The van der Waals surface area contributed by atoms with E-state index >= 15 is 0 Å². The van der Waals surface area contributed by atoms with Crippen molar-refractivity contribution in [3.8, 4) is 5.75 Å². The summed E-state index contributed by atoms with van der Waals surface area (Å²) in [5.74, 6) is 0.0892. The quantitative estimate of drug-likeness (QED) is 0.558. The number of aryl methyl sites for hydroxylation is 1. The molecule has 0 unspecified atom stereocenters. The Morgan fingerprint density at radius 3 is 2.50 bits per heavy atom. The van der Waals surface area contributed by atoms with E-state index in [-0.39, 0.29) is 18.4 Å². The van der Waals surface area contributed by atoms with E-state index in [1.165, 1.54) is 16.2 Å². The van der Waals surface area contributed by atoms with E-state index in [1.54, 1.807) is 0 Å². The van der Waals surface area contributed by atoms with Crippen LogP contribution < -0.4 is 10.1 Å². The third-order valence-corrected chi connectivity index (χ3v) is 5.70. The Kier molecular flexibility index (Phi) is 5.68. The van der Waals surface area contributed by atoms with Crippen molar-refractivity contribution in [1.29, 1.82) is 0 Å². The third kappa shape index (κ3) is 4.00. The molecular formula is C24H22N2O3S. The molecule has 2 amide bonds. The molecule has 0 saturated heterocycles. The monoisotopic (exact) mass is 418 g/mol. The Labute approximate surface area is 179 Å². The van der Waals surface area contributed by atoms with Crippen LogP contribution >= 0.6 is 11.3 Å². The van der Waals surface area contributed by atoms with Gasteiger partial charge in [0.25, 0.3) is 11.8 Å². The van der Waals surface area contributed by atoms with Crippen LogP contribution in [0.15, 0.2) is 71.7 Å². The fraction of sp³-hybridized carbons (Fsp3) is 0.167. The maximum atomic E-state index is 13.3. The second-order valence-electron chi connectivity index (χ2n) is 7.00. The van der Waals surface area contributed by atoms with Crippen molar-refractivity contribution in [2.45, 2.75) is 20.4 Å². The minimum absolute atomic E-state index is 0.233. The number of benzene rings is 2. The van der Waals surface area contributed by atoms with Crippen LogP contribution in [0.5, 0.6) is 5.75 Å². The van der Waals surface area contributed by atoms with Gasteiger partial charge in [-0.25, -0.2) is 0 Å². The van der Waals surface area contributed by atoms with Gasteiger partial charge < -0.3 is 10.1 Å². The highest BCUT2D eigenvalue weighted by Gasteiger charge is 2.39. The average Bonchev–Trinajstić information content (AvgIpc) is 3.33. The number of ether oxygens (including phenoxy) is 1. The standard InChI is InChI=1S/C24H22N2O3S/c1-3-29-19-7-4-6-18(14-19)25-22-21(20-8-5-13-30-20)23(27)26(24(22)28)15-17-11-9-16(2)10-12-17/h4-14,25H,3,15H2,1-2H3. The molecule has 0 fully saturated rings. The highest BCUT2D eigenvalue weighted by atomic mass is 32.1. The molecule has 1 aliphatic rings. The van der Waals surface area contributed by atoms with E-state index in [2.05, 4.69) is 5.32 Å². The molecule has 2 aromatic carbocycles. The van der Waals surface area contributed by atoms with Gasteiger partial charge in [-0.15, -0.1) is 11.3 Å². The van der Waals surface area contributed by atoms with Crippen LogP contribution in [0.25, 0.3) is 5.57 Å². The molecule has 6 heteroatoms. The fourth-order valence-corrected chi connectivity index (χ4v) is 4.10. The van der Waals surface area contributed by atoms with Crippen LogP contribution in [-0.4, -0.2) is 23.3 Å². The molecule has 0 bridgehead atoms. The lowest BCUT2D eigenvalue weighted by molar-refractivity contribution is -0.137. The van der Waals surface area contributed by atoms with Gasteiger partial charge in [-0.3, -0.25) is 14.5 Å².